The van der Waals surface area contributed by atoms with Gasteiger partial charge in [0.15, 0.2) is 0 Å². The summed E-state index contributed by atoms with van der Waals surface area (Å²) in [4.78, 5) is 18.9. The van der Waals surface area contributed by atoms with E-state index in [-0.39, 0.29) is 16.8 Å². The molecule has 1 N–H and O–H groups in total. The normalized spacial score (nSPS) is 16.9. The van der Waals surface area contributed by atoms with Crippen molar-refractivity contribution in [1.82, 2.24) is 10.3 Å². The first-order valence-corrected chi connectivity index (χ1v) is 9.46. The molecule has 2 heterocycles. The fraction of sp³-hybridized carbons (Fsp3) is 0.273. The van der Waals surface area contributed by atoms with Crippen LogP contribution in [-0.2, 0) is 6.18 Å². The minimum Gasteiger partial charge on any atom is -0.371 e. The minimum atomic E-state index is -4.65. The van der Waals surface area contributed by atoms with Gasteiger partial charge in [-0.15, -0.1) is 0 Å². The summed E-state index contributed by atoms with van der Waals surface area (Å²) in [5, 5.41) is 2.62. The van der Waals surface area contributed by atoms with Crippen molar-refractivity contribution < 1.29 is 18.0 Å². The van der Waals surface area contributed by atoms with Gasteiger partial charge in [0.25, 0.3) is 5.91 Å². The minimum absolute atomic E-state index is 0.0660. The van der Waals surface area contributed by atoms with Crippen molar-refractivity contribution in [3.05, 3.63) is 71.9 Å². The molecule has 1 amide bonds. The fourth-order valence-corrected chi connectivity index (χ4v) is 3.82. The zero-order valence-electron chi connectivity index (χ0n) is 15.6. The van der Waals surface area contributed by atoms with Crippen LogP contribution in [0.2, 0.25) is 0 Å². The van der Waals surface area contributed by atoms with E-state index in [9.17, 15) is 18.0 Å². The Bertz CT molecular complexity index is 1020. The molecule has 1 unspecified atom stereocenters. The Morgan fingerprint density at radius 2 is 1.83 bits per heavy atom. The maximum Gasteiger partial charge on any atom is 0.417 e. The Kier molecular flexibility index (Phi) is 5.13. The molecular weight excluding hydrogens is 379 g/mol. The molecule has 3 aromatic rings. The van der Waals surface area contributed by atoms with Gasteiger partial charge in [-0.05, 0) is 30.5 Å². The molecule has 1 aliphatic rings. The van der Waals surface area contributed by atoms with E-state index < -0.39 is 23.2 Å². The highest BCUT2D eigenvalue weighted by Gasteiger charge is 2.37. The lowest BCUT2D eigenvalue weighted by molar-refractivity contribution is -0.136. The van der Waals surface area contributed by atoms with Crippen LogP contribution in [-0.4, -0.2) is 30.5 Å². The van der Waals surface area contributed by atoms with E-state index in [0.717, 1.165) is 31.4 Å². The zero-order chi connectivity index (χ0) is 20.4. The van der Waals surface area contributed by atoms with Gasteiger partial charge in [-0.3, -0.25) is 9.78 Å². The van der Waals surface area contributed by atoms with Crippen LogP contribution in [0.4, 0.5) is 18.9 Å². The van der Waals surface area contributed by atoms with Gasteiger partial charge in [-0.2, -0.15) is 13.2 Å². The molecule has 0 saturated carbocycles. The average Bonchev–Trinajstić information content (AvgIpc) is 3.20. The van der Waals surface area contributed by atoms with E-state index in [0.29, 0.717) is 6.54 Å². The lowest BCUT2D eigenvalue weighted by atomic mass is 10.0. The lowest BCUT2D eigenvalue weighted by Crippen LogP contribution is -2.32. The van der Waals surface area contributed by atoms with Gasteiger partial charge in [0, 0.05) is 36.9 Å². The second-order valence-corrected chi connectivity index (χ2v) is 7.21. The highest BCUT2D eigenvalue weighted by molar-refractivity contribution is 6.00. The van der Waals surface area contributed by atoms with E-state index in [2.05, 4.69) is 15.2 Å². The Balaban J connectivity index is 1.49. The number of nitrogens with one attached hydrogen (secondary N) is 1. The molecule has 0 spiro atoms. The summed E-state index contributed by atoms with van der Waals surface area (Å²) in [6, 6.07) is 15.9. The number of carbonyl (C=O) groups excluding carboxylic acids is 1. The Morgan fingerprint density at radius 3 is 2.59 bits per heavy atom. The monoisotopic (exact) mass is 399 g/mol. The standard InChI is InChI=1S/C22H20F3N3O/c23-22(24,25)20-17-8-4-5-9-19(17)26-13-18(20)21(29)27-12-15-10-11-28(14-15)16-6-2-1-3-7-16/h1-9,13,15H,10-12,14H2,(H,27,29). The van der Waals surface area contributed by atoms with E-state index >= 15 is 0 Å². The van der Waals surface area contributed by atoms with Gasteiger partial charge in [-0.25, -0.2) is 0 Å². The number of para-hydroxylation sites is 2. The van der Waals surface area contributed by atoms with Crippen molar-refractivity contribution in [2.75, 3.05) is 24.5 Å². The van der Waals surface area contributed by atoms with Crippen molar-refractivity contribution in [3.63, 3.8) is 0 Å². The summed E-state index contributed by atoms with van der Waals surface area (Å²) < 4.78 is 41.1. The number of anilines is 1. The number of halogens is 3. The van der Waals surface area contributed by atoms with E-state index in [1.165, 1.54) is 18.2 Å². The molecule has 0 bridgehead atoms. The fourth-order valence-electron chi connectivity index (χ4n) is 3.82. The van der Waals surface area contributed by atoms with Crippen LogP contribution < -0.4 is 10.2 Å². The van der Waals surface area contributed by atoms with E-state index in [1.807, 2.05) is 30.3 Å². The summed E-state index contributed by atoms with van der Waals surface area (Å²) in [6.07, 6.45) is -2.75. The number of rotatable bonds is 4. The van der Waals surface area contributed by atoms with Crippen molar-refractivity contribution in [2.45, 2.75) is 12.6 Å². The number of hydrogen-bond donors (Lipinski definition) is 1. The van der Waals surface area contributed by atoms with Crippen molar-refractivity contribution >= 4 is 22.5 Å². The molecule has 150 valence electrons. The first-order chi connectivity index (χ1) is 13.9. The van der Waals surface area contributed by atoms with E-state index in [1.54, 1.807) is 6.07 Å². The molecule has 0 radical (unpaired) electrons. The molecule has 2 aromatic carbocycles. The predicted octanol–water partition coefficient (Wildman–Crippen LogP) is 4.51. The van der Waals surface area contributed by atoms with E-state index in [4.69, 9.17) is 0 Å². The van der Waals surface area contributed by atoms with Crippen molar-refractivity contribution in [1.29, 1.82) is 0 Å². The number of hydrogen-bond acceptors (Lipinski definition) is 3. The average molecular weight is 399 g/mol. The first kappa shape index (κ1) is 19.2. The van der Waals surface area contributed by atoms with Gasteiger partial charge < -0.3 is 10.2 Å². The molecule has 1 saturated heterocycles. The van der Waals surface area contributed by atoms with Gasteiger partial charge in [0.1, 0.15) is 0 Å². The number of carbonyl (C=O) groups is 1. The zero-order valence-corrected chi connectivity index (χ0v) is 15.6. The highest BCUT2D eigenvalue weighted by atomic mass is 19.4. The third-order valence-electron chi connectivity index (χ3n) is 5.26. The molecule has 1 aliphatic heterocycles. The summed E-state index contributed by atoms with van der Waals surface area (Å²) >= 11 is 0. The van der Waals surface area contributed by atoms with Crippen LogP contribution in [0.25, 0.3) is 10.9 Å². The number of aromatic nitrogens is 1. The third kappa shape index (κ3) is 4.04. The molecule has 1 fully saturated rings. The quantitative estimate of drug-likeness (QED) is 0.702. The largest absolute Gasteiger partial charge is 0.417 e. The number of amides is 1. The number of benzene rings is 2. The third-order valence-corrected chi connectivity index (χ3v) is 5.26. The number of fused-ring (bicyclic) bond motifs is 1. The molecule has 1 atom stereocenters. The lowest BCUT2D eigenvalue weighted by Gasteiger charge is -2.19. The van der Waals surface area contributed by atoms with Crippen LogP contribution in [0.3, 0.4) is 0 Å². The highest BCUT2D eigenvalue weighted by Crippen LogP contribution is 2.36. The molecule has 29 heavy (non-hydrogen) atoms. The molecule has 4 nitrogen and oxygen atoms in total. The molecule has 7 heteroatoms. The summed E-state index contributed by atoms with van der Waals surface area (Å²) in [5.41, 5.74) is -0.0443. The number of nitrogens with zero attached hydrogens (tertiary/aromatic N) is 2. The first-order valence-electron chi connectivity index (χ1n) is 9.46. The smallest absolute Gasteiger partial charge is 0.371 e. The maximum atomic E-state index is 13.7. The molecule has 0 aliphatic carbocycles. The van der Waals surface area contributed by atoms with Gasteiger partial charge in [0.2, 0.25) is 0 Å². The van der Waals surface area contributed by atoms with Gasteiger partial charge >= 0.3 is 6.18 Å². The van der Waals surface area contributed by atoms with Crippen LogP contribution in [0.5, 0.6) is 0 Å². The predicted molar refractivity (Wildman–Crippen MR) is 106 cm³/mol. The van der Waals surface area contributed by atoms with Gasteiger partial charge in [-0.1, -0.05) is 36.4 Å². The molecular formula is C22H20F3N3O. The Morgan fingerprint density at radius 1 is 1.10 bits per heavy atom. The SMILES string of the molecule is O=C(NCC1CCN(c2ccccc2)C1)c1cnc2ccccc2c1C(F)(F)F. The summed E-state index contributed by atoms with van der Waals surface area (Å²) in [5.74, 6) is -0.560. The van der Waals surface area contributed by atoms with Crippen LogP contribution in [0, 0.1) is 5.92 Å². The van der Waals surface area contributed by atoms with Crippen LogP contribution in [0.1, 0.15) is 22.3 Å². The van der Waals surface area contributed by atoms with Crippen LogP contribution in [0.15, 0.2) is 60.8 Å². The molecule has 1 aromatic heterocycles. The second-order valence-electron chi connectivity index (χ2n) is 7.21. The number of pyridine rings is 1. The summed E-state index contributed by atoms with van der Waals surface area (Å²) in [6.45, 7) is 1.94. The number of alkyl halides is 3. The Labute approximate surface area is 166 Å². The molecule has 4 rings (SSSR count). The summed E-state index contributed by atoms with van der Waals surface area (Å²) in [7, 11) is 0. The maximum absolute atomic E-state index is 13.7. The second kappa shape index (κ2) is 7.73. The van der Waals surface area contributed by atoms with Crippen molar-refractivity contribution in [3.8, 4) is 0 Å². The van der Waals surface area contributed by atoms with Crippen molar-refractivity contribution in [2.24, 2.45) is 5.92 Å². The van der Waals surface area contributed by atoms with Gasteiger partial charge in [0.05, 0.1) is 16.6 Å². The topological polar surface area (TPSA) is 45.2 Å². The Hall–Kier alpha value is -3.09. The van der Waals surface area contributed by atoms with Crippen LogP contribution >= 0.6 is 0 Å².